The molecule has 3 rings (SSSR count). The Balaban J connectivity index is 2.11. The fraction of sp³-hybridized carbons (Fsp3) is 0.111. The van der Waals surface area contributed by atoms with Gasteiger partial charge in [-0.05, 0) is 42.8 Å². The van der Waals surface area contributed by atoms with E-state index in [2.05, 4.69) is 10.6 Å². The maximum Gasteiger partial charge on any atom is 0.319 e. The Hall–Kier alpha value is -2.01. The van der Waals surface area contributed by atoms with Crippen LogP contribution in [0.4, 0.5) is 4.79 Å². The molecule has 4 nitrogen and oxygen atoms in total. The number of hydrogen-bond donors (Lipinski definition) is 2. The van der Waals surface area contributed by atoms with Crippen molar-refractivity contribution in [3.63, 3.8) is 0 Å². The Labute approximate surface area is 159 Å². The van der Waals surface area contributed by atoms with Gasteiger partial charge in [-0.2, -0.15) is 0 Å². The summed E-state index contributed by atoms with van der Waals surface area (Å²) in [7, 11) is 0. The van der Waals surface area contributed by atoms with Gasteiger partial charge in [-0.25, -0.2) is 4.79 Å². The van der Waals surface area contributed by atoms with Gasteiger partial charge in [0.05, 0.1) is 16.1 Å². The monoisotopic (exact) mass is 394 g/mol. The Kier molecular flexibility index (Phi) is 5.04. The van der Waals surface area contributed by atoms with Crippen LogP contribution in [0.1, 0.15) is 28.9 Å². The van der Waals surface area contributed by atoms with Crippen LogP contribution < -0.4 is 10.6 Å². The molecule has 1 unspecified atom stereocenters. The molecule has 0 bridgehead atoms. The number of carbonyl (C=O) groups is 2. The minimum atomic E-state index is -0.705. The van der Waals surface area contributed by atoms with Crippen LogP contribution in [-0.4, -0.2) is 11.8 Å². The standard InChI is InChI=1S/C18H13Cl3N2O2/c1-9-14(17(24)10-5-7-11(19)8-6-10)16(23-18(25)22-9)12-3-2-4-13(20)15(12)21/h2-8,16H,1H3,(H2,22,23,25). The molecule has 7 heteroatoms. The number of hydrogen-bond acceptors (Lipinski definition) is 2. The minimum Gasteiger partial charge on any atom is -0.327 e. The molecule has 2 aromatic rings. The van der Waals surface area contributed by atoms with Crippen molar-refractivity contribution in [2.75, 3.05) is 0 Å². The van der Waals surface area contributed by atoms with Crippen LogP contribution in [0.5, 0.6) is 0 Å². The fourth-order valence-corrected chi connectivity index (χ4v) is 3.27. The average molecular weight is 396 g/mol. The van der Waals surface area contributed by atoms with E-state index in [1.165, 1.54) is 0 Å². The van der Waals surface area contributed by atoms with Crippen LogP contribution in [0.2, 0.25) is 15.1 Å². The zero-order chi connectivity index (χ0) is 18.1. The Morgan fingerprint density at radius 1 is 1.04 bits per heavy atom. The van der Waals surface area contributed by atoms with Gasteiger partial charge in [0, 0.05) is 21.9 Å². The summed E-state index contributed by atoms with van der Waals surface area (Å²) in [6.07, 6.45) is 0. The van der Waals surface area contributed by atoms with Gasteiger partial charge in [0.25, 0.3) is 0 Å². The molecule has 2 N–H and O–H groups in total. The lowest BCUT2D eigenvalue weighted by Gasteiger charge is -2.29. The van der Waals surface area contributed by atoms with Crippen molar-refractivity contribution in [3.8, 4) is 0 Å². The molecule has 1 atom stereocenters. The predicted molar refractivity (Wildman–Crippen MR) is 99.4 cm³/mol. The smallest absolute Gasteiger partial charge is 0.319 e. The number of carbonyl (C=O) groups excluding carboxylic acids is 2. The number of benzene rings is 2. The van der Waals surface area contributed by atoms with Crippen molar-refractivity contribution in [2.24, 2.45) is 0 Å². The number of halogens is 3. The number of Topliss-reactive ketones (excluding diaryl/α,β-unsaturated/α-hetero) is 1. The van der Waals surface area contributed by atoms with E-state index >= 15 is 0 Å². The molecule has 2 amide bonds. The third-order valence-electron chi connectivity index (χ3n) is 3.91. The van der Waals surface area contributed by atoms with E-state index in [1.807, 2.05) is 0 Å². The van der Waals surface area contributed by atoms with Crippen molar-refractivity contribution in [1.29, 1.82) is 0 Å². The average Bonchev–Trinajstić information content (AvgIpc) is 2.57. The van der Waals surface area contributed by atoms with Gasteiger partial charge in [-0.1, -0.05) is 46.9 Å². The molecule has 0 fully saturated rings. The number of rotatable bonds is 3. The van der Waals surface area contributed by atoms with Crippen LogP contribution in [0.3, 0.4) is 0 Å². The van der Waals surface area contributed by atoms with Crippen molar-refractivity contribution < 1.29 is 9.59 Å². The second kappa shape index (κ2) is 7.08. The van der Waals surface area contributed by atoms with Gasteiger partial charge in [0.2, 0.25) is 0 Å². The van der Waals surface area contributed by atoms with Gasteiger partial charge < -0.3 is 10.6 Å². The zero-order valence-electron chi connectivity index (χ0n) is 13.1. The largest absolute Gasteiger partial charge is 0.327 e. The molecule has 1 aliphatic rings. The van der Waals surface area contributed by atoms with E-state index in [0.29, 0.717) is 37.5 Å². The highest BCUT2D eigenvalue weighted by atomic mass is 35.5. The lowest BCUT2D eigenvalue weighted by atomic mass is 9.89. The summed E-state index contributed by atoms with van der Waals surface area (Å²) in [4.78, 5) is 25.0. The summed E-state index contributed by atoms with van der Waals surface area (Å²) in [6, 6.07) is 10.5. The topological polar surface area (TPSA) is 58.2 Å². The maximum absolute atomic E-state index is 13.0. The molecule has 25 heavy (non-hydrogen) atoms. The van der Waals surface area contributed by atoms with Crippen molar-refractivity contribution in [3.05, 3.63) is 79.9 Å². The molecule has 0 saturated heterocycles. The van der Waals surface area contributed by atoms with Crippen LogP contribution in [0.25, 0.3) is 0 Å². The quantitative estimate of drug-likeness (QED) is 0.705. The summed E-state index contributed by atoms with van der Waals surface area (Å²) in [5, 5.41) is 6.56. The van der Waals surface area contributed by atoms with Crippen molar-refractivity contribution in [1.82, 2.24) is 10.6 Å². The molecule has 1 aliphatic heterocycles. The highest BCUT2D eigenvalue weighted by molar-refractivity contribution is 6.42. The molecular formula is C18H13Cl3N2O2. The van der Waals surface area contributed by atoms with Gasteiger partial charge in [-0.3, -0.25) is 4.79 Å². The van der Waals surface area contributed by atoms with Crippen LogP contribution in [0.15, 0.2) is 53.7 Å². The first-order valence-electron chi connectivity index (χ1n) is 7.41. The highest BCUT2D eigenvalue weighted by Gasteiger charge is 2.33. The summed E-state index contributed by atoms with van der Waals surface area (Å²) in [6.45, 7) is 1.67. The SMILES string of the molecule is CC1=C(C(=O)c2ccc(Cl)cc2)C(c2cccc(Cl)c2Cl)NC(=O)N1. The number of urea groups is 1. The van der Waals surface area contributed by atoms with Crippen molar-refractivity contribution in [2.45, 2.75) is 13.0 Å². The molecule has 128 valence electrons. The lowest BCUT2D eigenvalue weighted by Crippen LogP contribution is -2.45. The number of allylic oxidation sites excluding steroid dienone is 1. The fourth-order valence-electron chi connectivity index (χ4n) is 2.73. The Morgan fingerprint density at radius 2 is 1.72 bits per heavy atom. The Bertz CT molecular complexity index is 892. The van der Waals surface area contributed by atoms with E-state index in [-0.39, 0.29) is 5.78 Å². The summed E-state index contributed by atoms with van der Waals surface area (Å²) < 4.78 is 0. The van der Waals surface area contributed by atoms with Gasteiger partial charge in [-0.15, -0.1) is 0 Å². The van der Waals surface area contributed by atoms with Crippen LogP contribution in [0, 0.1) is 0 Å². The van der Waals surface area contributed by atoms with Crippen LogP contribution >= 0.6 is 34.8 Å². The molecule has 0 spiro atoms. The molecule has 2 aromatic carbocycles. The lowest BCUT2D eigenvalue weighted by molar-refractivity contribution is 0.102. The normalized spacial score (nSPS) is 17.1. The minimum absolute atomic E-state index is 0.234. The molecule has 0 radical (unpaired) electrons. The third-order valence-corrected chi connectivity index (χ3v) is 5.00. The summed E-state index contributed by atoms with van der Waals surface area (Å²) >= 11 is 18.3. The van der Waals surface area contributed by atoms with E-state index in [1.54, 1.807) is 49.4 Å². The second-order valence-corrected chi connectivity index (χ2v) is 6.77. The van der Waals surface area contributed by atoms with Crippen LogP contribution in [-0.2, 0) is 0 Å². The molecule has 0 saturated carbocycles. The molecular weight excluding hydrogens is 383 g/mol. The molecule has 1 heterocycles. The first kappa shape index (κ1) is 17.8. The zero-order valence-corrected chi connectivity index (χ0v) is 15.3. The molecule has 0 aromatic heterocycles. The first-order chi connectivity index (χ1) is 11.9. The van der Waals surface area contributed by atoms with Gasteiger partial charge >= 0.3 is 6.03 Å². The third kappa shape index (κ3) is 3.52. The van der Waals surface area contributed by atoms with Crippen molar-refractivity contribution >= 4 is 46.6 Å². The summed E-state index contributed by atoms with van der Waals surface area (Å²) in [5.41, 5.74) is 1.87. The summed E-state index contributed by atoms with van der Waals surface area (Å²) in [5.74, 6) is -0.234. The number of amides is 2. The first-order valence-corrected chi connectivity index (χ1v) is 8.54. The molecule has 0 aliphatic carbocycles. The van der Waals surface area contributed by atoms with Gasteiger partial charge in [0.15, 0.2) is 5.78 Å². The van der Waals surface area contributed by atoms with Gasteiger partial charge in [0.1, 0.15) is 0 Å². The van der Waals surface area contributed by atoms with E-state index in [4.69, 9.17) is 34.8 Å². The number of ketones is 1. The highest BCUT2D eigenvalue weighted by Crippen LogP contribution is 2.36. The number of nitrogens with one attached hydrogen (secondary N) is 2. The maximum atomic E-state index is 13.0. The predicted octanol–water partition coefficient (Wildman–Crippen LogP) is 5.16. The second-order valence-electron chi connectivity index (χ2n) is 5.55. The Morgan fingerprint density at radius 3 is 2.40 bits per heavy atom. The van der Waals surface area contributed by atoms with E-state index in [9.17, 15) is 9.59 Å². The van der Waals surface area contributed by atoms with E-state index < -0.39 is 12.1 Å². The van der Waals surface area contributed by atoms with E-state index in [0.717, 1.165) is 0 Å².